The van der Waals surface area contributed by atoms with Gasteiger partial charge >= 0.3 is 6.09 Å². The predicted octanol–water partition coefficient (Wildman–Crippen LogP) is 1.52. The summed E-state index contributed by atoms with van der Waals surface area (Å²) in [4.78, 5) is 13.7. The smallest absolute Gasteiger partial charge is 0.410 e. The Balaban J connectivity index is 1.86. The number of amides is 1. The molecular weight excluding hydrogens is 310 g/mol. The van der Waals surface area contributed by atoms with Crippen LogP contribution in [-0.2, 0) is 23.8 Å². The van der Waals surface area contributed by atoms with Crippen molar-refractivity contribution in [3.05, 3.63) is 0 Å². The molecular formula is C14H25NO6S. The Hall–Kier alpha value is -0.860. The molecule has 128 valence electrons. The summed E-state index contributed by atoms with van der Waals surface area (Å²) in [6.07, 6.45) is 2.17. The van der Waals surface area contributed by atoms with Crippen LogP contribution in [0.3, 0.4) is 0 Å². The lowest BCUT2D eigenvalue weighted by Gasteiger charge is -2.38. The molecule has 2 aliphatic heterocycles. The molecule has 0 aromatic rings. The van der Waals surface area contributed by atoms with Gasteiger partial charge in [0.2, 0.25) is 0 Å². The zero-order chi connectivity index (χ0) is 16.6. The fourth-order valence-electron chi connectivity index (χ4n) is 2.88. The molecule has 0 aliphatic carbocycles. The molecule has 2 saturated heterocycles. The topological polar surface area (TPSA) is 82.1 Å². The summed E-state index contributed by atoms with van der Waals surface area (Å²) in [5, 5.41) is 0. The Morgan fingerprint density at radius 3 is 2.36 bits per heavy atom. The van der Waals surface area contributed by atoms with E-state index in [1.54, 1.807) is 4.90 Å². The van der Waals surface area contributed by atoms with Gasteiger partial charge in [-0.2, -0.15) is 8.42 Å². The van der Waals surface area contributed by atoms with E-state index >= 15 is 0 Å². The van der Waals surface area contributed by atoms with Crippen molar-refractivity contribution in [1.29, 1.82) is 0 Å². The Bertz CT molecular complexity index is 516. The minimum Gasteiger partial charge on any atom is -0.444 e. The molecule has 2 rings (SSSR count). The predicted molar refractivity (Wildman–Crippen MR) is 80.1 cm³/mol. The average molecular weight is 335 g/mol. The Labute approximate surface area is 132 Å². The molecule has 22 heavy (non-hydrogen) atoms. The second-order valence-corrected chi connectivity index (χ2v) is 8.69. The molecule has 2 fully saturated rings. The fraction of sp³-hybridized carbons (Fsp3) is 0.929. The number of hydrogen-bond donors (Lipinski definition) is 0. The van der Waals surface area contributed by atoms with Gasteiger partial charge in [-0.25, -0.2) is 4.79 Å². The van der Waals surface area contributed by atoms with E-state index in [1.165, 1.54) is 0 Å². The molecule has 2 heterocycles. The highest BCUT2D eigenvalue weighted by atomic mass is 32.2. The highest BCUT2D eigenvalue weighted by molar-refractivity contribution is 7.86. The van der Waals surface area contributed by atoms with Gasteiger partial charge in [-0.15, -0.1) is 0 Å². The lowest BCUT2D eigenvalue weighted by Crippen LogP contribution is -2.48. The molecule has 1 atom stereocenters. The second kappa shape index (κ2) is 5.98. The van der Waals surface area contributed by atoms with Gasteiger partial charge < -0.3 is 14.4 Å². The van der Waals surface area contributed by atoms with Crippen LogP contribution in [0.2, 0.25) is 0 Å². The number of piperidine rings is 1. The van der Waals surface area contributed by atoms with E-state index in [1.807, 2.05) is 20.8 Å². The third-order valence-electron chi connectivity index (χ3n) is 3.81. The third-order valence-corrected chi connectivity index (χ3v) is 4.43. The summed E-state index contributed by atoms with van der Waals surface area (Å²) in [6, 6.07) is 0. The number of ether oxygens (including phenoxy) is 2. The molecule has 0 aromatic carbocycles. The SMILES string of the molecule is CC(C)(C)OC(=O)N1CCC2(CC1)CC(OS(C)(=O)=O)CO2. The van der Waals surface area contributed by atoms with Crippen molar-refractivity contribution < 1.29 is 26.9 Å². The first-order valence-electron chi connectivity index (χ1n) is 7.48. The number of likely N-dealkylation sites (tertiary alicyclic amines) is 1. The first-order chi connectivity index (χ1) is 9.98. The summed E-state index contributed by atoms with van der Waals surface area (Å²) in [7, 11) is -3.47. The van der Waals surface area contributed by atoms with Crippen LogP contribution in [0.4, 0.5) is 4.79 Å². The fourth-order valence-corrected chi connectivity index (χ4v) is 3.50. The van der Waals surface area contributed by atoms with Gasteiger partial charge in [0, 0.05) is 19.5 Å². The molecule has 1 unspecified atom stereocenters. The first-order valence-corrected chi connectivity index (χ1v) is 9.30. The van der Waals surface area contributed by atoms with Crippen LogP contribution in [0.5, 0.6) is 0 Å². The zero-order valence-corrected chi connectivity index (χ0v) is 14.4. The Morgan fingerprint density at radius 2 is 1.86 bits per heavy atom. The molecule has 2 aliphatic rings. The van der Waals surface area contributed by atoms with Crippen molar-refractivity contribution in [2.45, 2.75) is 57.3 Å². The number of carbonyl (C=O) groups is 1. The van der Waals surface area contributed by atoms with E-state index < -0.39 is 21.8 Å². The van der Waals surface area contributed by atoms with Gasteiger partial charge in [-0.1, -0.05) is 0 Å². The highest BCUT2D eigenvalue weighted by Gasteiger charge is 2.45. The number of carbonyl (C=O) groups excluding carboxylic acids is 1. The van der Waals surface area contributed by atoms with E-state index in [9.17, 15) is 13.2 Å². The maximum absolute atomic E-state index is 12.0. The lowest BCUT2D eigenvalue weighted by molar-refractivity contribution is -0.0490. The van der Waals surface area contributed by atoms with Crippen molar-refractivity contribution >= 4 is 16.2 Å². The lowest BCUT2D eigenvalue weighted by atomic mass is 9.88. The van der Waals surface area contributed by atoms with E-state index in [2.05, 4.69) is 0 Å². The maximum Gasteiger partial charge on any atom is 0.410 e. The van der Waals surface area contributed by atoms with Crippen LogP contribution in [-0.4, -0.2) is 62.7 Å². The monoisotopic (exact) mass is 335 g/mol. The van der Waals surface area contributed by atoms with Crippen LogP contribution in [0.1, 0.15) is 40.0 Å². The Morgan fingerprint density at radius 1 is 1.27 bits per heavy atom. The number of rotatable bonds is 2. The molecule has 0 bridgehead atoms. The van der Waals surface area contributed by atoms with Crippen LogP contribution < -0.4 is 0 Å². The van der Waals surface area contributed by atoms with Crippen molar-refractivity contribution in [3.63, 3.8) is 0 Å². The van der Waals surface area contributed by atoms with Gasteiger partial charge in [0.15, 0.2) is 0 Å². The van der Waals surface area contributed by atoms with E-state index in [-0.39, 0.29) is 18.3 Å². The van der Waals surface area contributed by atoms with Crippen molar-refractivity contribution in [2.24, 2.45) is 0 Å². The molecule has 8 heteroatoms. The average Bonchev–Trinajstić information content (AvgIpc) is 2.68. The van der Waals surface area contributed by atoms with E-state index in [0.29, 0.717) is 32.4 Å². The Kier molecular flexibility index (Phi) is 4.75. The third kappa shape index (κ3) is 4.82. The van der Waals surface area contributed by atoms with Crippen LogP contribution >= 0.6 is 0 Å². The van der Waals surface area contributed by atoms with E-state index in [0.717, 1.165) is 6.26 Å². The van der Waals surface area contributed by atoms with Crippen LogP contribution in [0.25, 0.3) is 0 Å². The summed E-state index contributed by atoms with van der Waals surface area (Å²) in [5.41, 5.74) is -0.891. The summed E-state index contributed by atoms with van der Waals surface area (Å²) in [5.74, 6) is 0. The molecule has 0 radical (unpaired) electrons. The minimum absolute atomic E-state index is 0.277. The summed E-state index contributed by atoms with van der Waals surface area (Å²) >= 11 is 0. The molecule has 0 aromatic heterocycles. The molecule has 0 saturated carbocycles. The first kappa shape index (κ1) is 17.5. The number of nitrogens with zero attached hydrogens (tertiary/aromatic N) is 1. The number of hydrogen-bond acceptors (Lipinski definition) is 6. The highest BCUT2D eigenvalue weighted by Crippen LogP contribution is 2.37. The van der Waals surface area contributed by atoms with Crippen molar-refractivity contribution in [3.8, 4) is 0 Å². The minimum atomic E-state index is -3.47. The maximum atomic E-state index is 12.0. The summed E-state index contributed by atoms with van der Waals surface area (Å²) < 4.78 is 38.5. The van der Waals surface area contributed by atoms with Gasteiger partial charge in [0.25, 0.3) is 10.1 Å². The zero-order valence-electron chi connectivity index (χ0n) is 13.6. The molecule has 1 amide bonds. The van der Waals surface area contributed by atoms with Gasteiger partial charge in [0.05, 0.1) is 18.5 Å². The van der Waals surface area contributed by atoms with Crippen molar-refractivity contribution in [2.75, 3.05) is 26.0 Å². The van der Waals surface area contributed by atoms with Gasteiger partial charge in [-0.05, 0) is 33.6 Å². The van der Waals surface area contributed by atoms with Gasteiger partial charge in [-0.3, -0.25) is 4.18 Å². The van der Waals surface area contributed by atoms with Gasteiger partial charge in [0.1, 0.15) is 11.7 Å². The molecule has 0 N–H and O–H groups in total. The van der Waals surface area contributed by atoms with Crippen molar-refractivity contribution in [1.82, 2.24) is 4.90 Å². The largest absolute Gasteiger partial charge is 0.444 e. The quantitative estimate of drug-likeness (QED) is 0.712. The molecule has 7 nitrogen and oxygen atoms in total. The van der Waals surface area contributed by atoms with Crippen LogP contribution in [0.15, 0.2) is 0 Å². The van der Waals surface area contributed by atoms with E-state index in [4.69, 9.17) is 13.7 Å². The normalized spacial score (nSPS) is 25.5. The standard InChI is InChI=1S/C14H25NO6S/c1-13(2,3)20-12(16)15-7-5-14(6-8-15)9-11(10-19-14)21-22(4,17)18/h11H,5-10H2,1-4H3. The summed E-state index contributed by atoms with van der Waals surface area (Å²) in [6.45, 7) is 6.87. The second-order valence-electron chi connectivity index (χ2n) is 7.09. The molecule has 1 spiro atoms. The van der Waals surface area contributed by atoms with Crippen LogP contribution in [0, 0.1) is 0 Å².